The van der Waals surface area contributed by atoms with E-state index in [1.54, 1.807) is 0 Å². The van der Waals surface area contributed by atoms with E-state index in [-0.39, 0.29) is 10.8 Å². The van der Waals surface area contributed by atoms with Crippen molar-refractivity contribution in [2.45, 2.75) is 24.2 Å². The third-order valence-electron chi connectivity index (χ3n) is 3.70. The average Bonchev–Trinajstić information content (AvgIpc) is 3.34. The molecule has 0 radical (unpaired) electrons. The van der Waals surface area contributed by atoms with Crippen molar-refractivity contribution in [3.63, 3.8) is 0 Å². The molecular weight excluding hydrogens is 316 g/mol. The Morgan fingerprint density at radius 2 is 1.91 bits per heavy atom. The van der Waals surface area contributed by atoms with E-state index in [1.807, 2.05) is 0 Å². The first-order valence-electron chi connectivity index (χ1n) is 7.80. The lowest BCUT2D eigenvalue weighted by molar-refractivity contribution is 0.0937. The van der Waals surface area contributed by atoms with Crippen molar-refractivity contribution in [2.75, 3.05) is 33.9 Å². The number of benzene rings is 1. The highest BCUT2D eigenvalue weighted by atomic mass is 32.2. The van der Waals surface area contributed by atoms with E-state index in [9.17, 15) is 13.2 Å². The fraction of sp³-hybridized carbons (Fsp3) is 0.562. The van der Waals surface area contributed by atoms with Crippen molar-refractivity contribution in [1.82, 2.24) is 9.62 Å². The van der Waals surface area contributed by atoms with Crippen LogP contribution in [0.5, 0.6) is 0 Å². The number of ether oxygens (including phenoxy) is 1. The van der Waals surface area contributed by atoms with Crippen LogP contribution in [0.15, 0.2) is 29.2 Å². The van der Waals surface area contributed by atoms with Gasteiger partial charge in [-0.15, -0.1) is 0 Å². The molecule has 0 heterocycles. The molecule has 1 saturated carbocycles. The van der Waals surface area contributed by atoms with Crippen molar-refractivity contribution in [3.05, 3.63) is 29.8 Å². The fourth-order valence-corrected chi connectivity index (χ4v) is 2.90. The molecule has 1 aromatic rings. The molecule has 1 amide bonds. The summed E-state index contributed by atoms with van der Waals surface area (Å²) in [5.74, 6) is 0.544. The van der Waals surface area contributed by atoms with E-state index in [0.29, 0.717) is 18.7 Å². The molecule has 2 rings (SSSR count). The molecule has 1 N–H and O–H groups in total. The second-order valence-electron chi connectivity index (χ2n) is 5.94. The molecule has 23 heavy (non-hydrogen) atoms. The number of carbonyl (C=O) groups excluding carboxylic acids is 1. The summed E-state index contributed by atoms with van der Waals surface area (Å²) in [6.07, 6.45) is 3.32. The number of hydrogen-bond acceptors (Lipinski definition) is 4. The van der Waals surface area contributed by atoms with Crippen molar-refractivity contribution < 1.29 is 17.9 Å². The van der Waals surface area contributed by atoms with E-state index in [2.05, 4.69) is 5.32 Å². The molecule has 0 spiro atoms. The van der Waals surface area contributed by atoms with Gasteiger partial charge in [-0.3, -0.25) is 4.79 Å². The normalized spacial score (nSPS) is 14.9. The first kappa shape index (κ1) is 17.9. The van der Waals surface area contributed by atoms with Gasteiger partial charge in [0.2, 0.25) is 10.0 Å². The lowest BCUT2D eigenvalue weighted by Gasteiger charge is -2.11. The molecule has 128 valence electrons. The molecule has 1 aromatic carbocycles. The third-order valence-corrected chi connectivity index (χ3v) is 5.53. The van der Waals surface area contributed by atoms with Gasteiger partial charge in [0.05, 0.1) is 4.90 Å². The maximum atomic E-state index is 12.0. The molecule has 0 atom stereocenters. The van der Waals surface area contributed by atoms with Crippen molar-refractivity contribution >= 4 is 15.9 Å². The highest BCUT2D eigenvalue weighted by Crippen LogP contribution is 2.28. The largest absolute Gasteiger partial charge is 0.381 e. The van der Waals surface area contributed by atoms with Crippen LogP contribution >= 0.6 is 0 Å². The second kappa shape index (κ2) is 7.90. The van der Waals surface area contributed by atoms with Crippen molar-refractivity contribution in [2.24, 2.45) is 5.92 Å². The van der Waals surface area contributed by atoms with Crippen LogP contribution in [0.4, 0.5) is 0 Å². The predicted molar refractivity (Wildman–Crippen MR) is 87.8 cm³/mol. The average molecular weight is 340 g/mol. The maximum Gasteiger partial charge on any atom is 0.251 e. The number of amides is 1. The Hall–Kier alpha value is -1.44. The Labute approximate surface area is 137 Å². The van der Waals surface area contributed by atoms with Gasteiger partial charge in [-0.1, -0.05) is 0 Å². The Balaban J connectivity index is 1.76. The summed E-state index contributed by atoms with van der Waals surface area (Å²) in [5, 5.41) is 2.80. The van der Waals surface area contributed by atoms with Crippen LogP contribution in [0.25, 0.3) is 0 Å². The number of sulfonamides is 1. The lowest BCUT2D eigenvalue weighted by Crippen LogP contribution is -2.26. The molecule has 6 nitrogen and oxygen atoms in total. The molecule has 0 aromatic heterocycles. The van der Waals surface area contributed by atoms with Gasteiger partial charge in [0.15, 0.2) is 0 Å². The summed E-state index contributed by atoms with van der Waals surface area (Å²) in [6, 6.07) is 5.94. The molecule has 1 aliphatic rings. The van der Waals surface area contributed by atoms with Gasteiger partial charge >= 0.3 is 0 Å². The second-order valence-corrected chi connectivity index (χ2v) is 8.09. The monoisotopic (exact) mass is 340 g/mol. The number of nitrogens with zero attached hydrogens (tertiary/aromatic N) is 1. The number of rotatable bonds is 9. The Bertz CT molecular complexity index is 622. The first-order chi connectivity index (χ1) is 10.9. The van der Waals surface area contributed by atoms with E-state index in [0.717, 1.165) is 23.3 Å². The van der Waals surface area contributed by atoms with Crippen LogP contribution in [-0.4, -0.2) is 52.5 Å². The minimum Gasteiger partial charge on any atom is -0.381 e. The van der Waals surface area contributed by atoms with E-state index in [4.69, 9.17) is 4.74 Å². The van der Waals surface area contributed by atoms with Gasteiger partial charge in [0, 0.05) is 39.4 Å². The van der Waals surface area contributed by atoms with Gasteiger partial charge in [0.25, 0.3) is 5.91 Å². The lowest BCUT2D eigenvalue weighted by atomic mass is 10.2. The summed E-state index contributed by atoms with van der Waals surface area (Å²) in [6.45, 7) is 2.02. The summed E-state index contributed by atoms with van der Waals surface area (Å²) in [4.78, 5) is 12.2. The topological polar surface area (TPSA) is 75.7 Å². The Morgan fingerprint density at radius 1 is 1.26 bits per heavy atom. The smallest absolute Gasteiger partial charge is 0.251 e. The van der Waals surface area contributed by atoms with Crippen LogP contribution < -0.4 is 5.32 Å². The van der Waals surface area contributed by atoms with E-state index >= 15 is 0 Å². The highest BCUT2D eigenvalue weighted by Gasteiger charge is 2.21. The molecule has 0 aliphatic heterocycles. The van der Waals surface area contributed by atoms with E-state index in [1.165, 1.54) is 51.2 Å². The van der Waals surface area contributed by atoms with Crippen LogP contribution in [0.2, 0.25) is 0 Å². The van der Waals surface area contributed by atoms with Gasteiger partial charge in [-0.05, 0) is 49.4 Å². The zero-order valence-corrected chi connectivity index (χ0v) is 14.4. The van der Waals surface area contributed by atoms with Crippen LogP contribution in [0, 0.1) is 5.92 Å². The SMILES string of the molecule is CN(C)S(=O)(=O)c1ccc(C(=O)NCCCOCC2CC2)cc1. The molecule has 0 bridgehead atoms. The minimum absolute atomic E-state index is 0.174. The highest BCUT2D eigenvalue weighted by molar-refractivity contribution is 7.89. The number of carbonyl (C=O) groups is 1. The number of nitrogens with one attached hydrogen (secondary N) is 1. The number of hydrogen-bond donors (Lipinski definition) is 1. The predicted octanol–water partition coefficient (Wildman–Crippen LogP) is 1.48. The molecule has 0 saturated heterocycles. The van der Waals surface area contributed by atoms with Crippen molar-refractivity contribution in [1.29, 1.82) is 0 Å². The quantitative estimate of drug-likeness (QED) is 0.691. The molecule has 0 unspecified atom stereocenters. The molecule has 1 aliphatic carbocycles. The van der Waals surface area contributed by atoms with Gasteiger partial charge in [-0.25, -0.2) is 12.7 Å². The Morgan fingerprint density at radius 3 is 2.48 bits per heavy atom. The minimum atomic E-state index is -3.46. The standard InChI is InChI=1S/C16H24N2O4S/c1-18(2)23(20,21)15-8-6-14(7-9-15)16(19)17-10-3-11-22-12-13-4-5-13/h6-9,13H,3-5,10-12H2,1-2H3,(H,17,19). The van der Waals surface area contributed by atoms with Crippen LogP contribution in [0.1, 0.15) is 29.6 Å². The first-order valence-corrected chi connectivity index (χ1v) is 9.24. The zero-order valence-electron chi connectivity index (χ0n) is 13.6. The van der Waals surface area contributed by atoms with Crippen LogP contribution in [0.3, 0.4) is 0 Å². The van der Waals surface area contributed by atoms with Gasteiger partial charge in [-0.2, -0.15) is 0 Å². The third kappa shape index (κ3) is 5.30. The van der Waals surface area contributed by atoms with Crippen LogP contribution in [-0.2, 0) is 14.8 Å². The Kier molecular flexibility index (Phi) is 6.15. The van der Waals surface area contributed by atoms with Gasteiger partial charge in [0.1, 0.15) is 0 Å². The van der Waals surface area contributed by atoms with Crippen molar-refractivity contribution in [3.8, 4) is 0 Å². The molecule has 7 heteroatoms. The zero-order chi connectivity index (χ0) is 16.9. The summed E-state index contributed by atoms with van der Waals surface area (Å²) in [5.41, 5.74) is 0.446. The molecular formula is C16H24N2O4S. The maximum absolute atomic E-state index is 12.0. The fourth-order valence-electron chi connectivity index (χ4n) is 2.00. The molecule has 1 fully saturated rings. The summed E-state index contributed by atoms with van der Waals surface area (Å²) >= 11 is 0. The summed E-state index contributed by atoms with van der Waals surface area (Å²) < 4.78 is 30.5. The van der Waals surface area contributed by atoms with Gasteiger partial charge < -0.3 is 10.1 Å². The van der Waals surface area contributed by atoms with E-state index < -0.39 is 10.0 Å². The summed E-state index contributed by atoms with van der Waals surface area (Å²) in [7, 11) is -0.517.